The smallest absolute Gasteiger partial charge is 0.0774 e. The van der Waals surface area contributed by atoms with E-state index in [9.17, 15) is 0 Å². The maximum atomic E-state index is 8.72. The molecule has 1 atom stereocenters. The van der Waals surface area contributed by atoms with Crippen molar-refractivity contribution in [2.24, 2.45) is 0 Å². The van der Waals surface area contributed by atoms with Gasteiger partial charge in [-0.3, -0.25) is 4.98 Å². The number of nitriles is 1. The van der Waals surface area contributed by atoms with Crippen LogP contribution >= 0.6 is 0 Å². The predicted octanol–water partition coefficient (Wildman–Crippen LogP) is 3.35. The fourth-order valence-electron chi connectivity index (χ4n) is 3.03. The third kappa shape index (κ3) is 3.35. The van der Waals surface area contributed by atoms with Crippen molar-refractivity contribution in [1.29, 1.82) is 5.26 Å². The van der Waals surface area contributed by atoms with Gasteiger partial charge in [0, 0.05) is 30.0 Å². The molecule has 1 saturated heterocycles. The highest BCUT2D eigenvalue weighted by Gasteiger charge is 2.19. The van der Waals surface area contributed by atoms with Crippen LogP contribution < -0.4 is 4.90 Å². The Morgan fingerprint density at radius 2 is 2.22 bits per heavy atom. The molecule has 4 nitrogen and oxygen atoms in total. The Morgan fingerprint density at radius 1 is 1.35 bits per heavy atom. The number of nitrogens with zero attached hydrogens (tertiary/aromatic N) is 3. The van der Waals surface area contributed by atoms with Crippen LogP contribution in [0.4, 0.5) is 5.69 Å². The molecule has 0 unspecified atom stereocenters. The van der Waals surface area contributed by atoms with Gasteiger partial charge in [-0.2, -0.15) is 5.26 Å². The Kier molecular flexibility index (Phi) is 4.59. The normalized spacial score (nSPS) is 17.8. The molecule has 23 heavy (non-hydrogen) atoms. The lowest BCUT2D eigenvalue weighted by atomic mass is 10.0. The van der Waals surface area contributed by atoms with Gasteiger partial charge in [-0.25, -0.2) is 0 Å². The van der Waals surface area contributed by atoms with Gasteiger partial charge < -0.3 is 9.64 Å². The monoisotopic (exact) mass is 307 g/mol. The van der Waals surface area contributed by atoms with Gasteiger partial charge in [0.05, 0.1) is 31.4 Å². The average Bonchev–Trinajstić information content (AvgIpc) is 2.56. The largest absolute Gasteiger partial charge is 0.377 e. The molecule has 1 aliphatic heterocycles. The van der Waals surface area contributed by atoms with Crippen molar-refractivity contribution in [3.05, 3.63) is 47.8 Å². The highest BCUT2D eigenvalue weighted by atomic mass is 16.5. The number of benzene rings is 1. The molecule has 0 N–H and O–H groups in total. The summed E-state index contributed by atoms with van der Waals surface area (Å²) in [6, 6.07) is 13.1. The van der Waals surface area contributed by atoms with Crippen LogP contribution in [0.15, 0.2) is 36.5 Å². The molecule has 2 heterocycles. The molecular formula is C19H21N3O. The van der Waals surface area contributed by atoms with E-state index < -0.39 is 0 Å². The van der Waals surface area contributed by atoms with Gasteiger partial charge >= 0.3 is 0 Å². The molecule has 0 saturated carbocycles. The molecule has 0 amide bonds. The third-order valence-electron chi connectivity index (χ3n) is 4.31. The van der Waals surface area contributed by atoms with E-state index in [1.165, 1.54) is 16.8 Å². The molecule has 3 rings (SSSR count). The van der Waals surface area contributed by atoms with Crippen LogP contribution in [0.1, 0.15) is 18.2 Å². The first-order valence-electron chi connectivity index (χ1n) is 7.96. The number of aromatic nitrogens is 1. The second-order valence-electron chi connectivity index (χ2n) is 5.99. The molecule has 1 aliphatic rings. The molecule has 0 aliphatic carbocycles. The number of morpholine rings is 1. The minimum absolute atomic E-state index is 0.354. The van der Waals surface area contributed by atoms with Gasteiger partial charge in [-0.1, -0.05) is 12.1 Å². The lowest BCUT2D eigenvalue weighted by Crippen LogP contribution is -2.43. The van der Waals surface area contributed by atoms with Gasteiger partial charge in [-0.15, -0.1) is 0 Å². The topological polar surface area (TPSA) is 49.1 Å². The highest BCUT2D eigenvalue weighted by molar-refractivity contribution is 5.70. The van der Waals surface area contributed by atoms with Crippen molar-refractivity contribution in [3.8, 4) is 17.2 Å². The van der Waals surface area contributed by atoms with E-state index in [4.69, 9.17) is 10.00 Å². The quantitative estimate of drug-likeness (QED) is 0.872. The molecule has 0 bridgehead atoms. The van der Waals surface area contributed by atoms with Crippen molar-refractivity contribution < 1.29 is 4.74 Å². The molecule has 4 heteroatoms. The number of anilines is 1. The number of hydrogen-bond donors (Lipinski definition) is 0. The molecular weight excluding hydrogens is 286 g/mol. The van der Waals surface area contributed by atoms with Gasteiger partial charge in [0.2, 0.25) is 0 Å². The maximum absolute atomic E-state index is 8.72. The number of aryl methyl sites for hydroxylation is 1. The van der Waals surface area contributed by atoms with E-state index in [1.807, 2.05) is 18.3 Å². The Morgan fingerprint density at radius 3 is 2.87 bits per heavy atom. The van der Waals surface area contributed by atoms with Crippen LogP contribution in [0, 0.1) is 18.3 Å². The van der Waals surface area contributed by atoms with Crippen molar-refractivity contribution in [2.75, 3.05) is 24.7 Å². The summed E-state index contributed by atoms with van der Waals surface area (Å²) in [5, 5.41) is 8.72. The predicted molar refractivity (Wildman–Crippen MR) is 91.4 cm³/mol. The highest BCUT2D eigenvalue weighted by Crippen LogP contribution is 2.28. The summed E-state index contributed by atoms with van der Waals surface area (Å²) in [6.45, 7) is 6.83. The van der Waals surface area contributed by atoms with E-state index in [2.05, 4.69) is 48.0 Å². The summed E-state index contributed by atoms with van der Waals surface area (Å²) in [5.74, 6) is 0. The summed E-state index contributed by atoms with van der Waals surface area (Å²) in [4.78, 5) is 6.76. The number of hydrogen-bond acceptors (Lipinski definition) is 4. The zero-order valence-corrected chi connectivity index (χ0v) is 13.6. The first-order chi connectivity index (χ1) is 11.2. The zero-order valence-electron chi connectivity index (χ0n) is 13.6. The molecule has 2 aromatic rings. The molecule has 1 aromatic heterocycles. The van der Waals surface area contributed by atoms with E-state index in [0.717, 1.165) is 31.0 Å². The van der Waals surface area contributed by atoms with Crippen LogP contribution in [0.2, 0.25) is 0 Å². The van der Waals surface area contributed by atoms with Crippen LogP contribution in [0.25, 0.3) is 11.1 Å². The van der Waals surface area contributed by atoms with Crippen molar-refractivity contribution in [3.63, 3.8) is 0 Å². The van der Waals surface area contributed by atoms with Crippen LogP contribution in [-0.4, -0.2) is 30.8 Å². The summed E-state index contributed by atoms with van der Waals surface area (Å²) < 4.78 is 5.51. The van der Waals surface area contributed by atoms with E-state index >= 15 is 0 Å². The minimum Gasteiger partial charge on any atom is -0.377 e. The minimum atomic E-state index is 0.354. The van der Waals surface area contributed by atoms with Crippen LogP contribution in [-0.2, 0) is 11.2 Å². The molecule has 1 aromatic carbocycles. The molecule has 0 radical (unpaired) electrons. The first-order valence-corrected chi connectivity index (χ1v) is 7.96. The second-order valence-corrected chi connectivity index (χ2v) is 5.99. The first kappa shape index (κ1) is 15.5. The number of ether oxygens (including phenoxy) is 1. The van der Waals surface area contributed by atoms with Gasteiger partial charge in [0.25, 0.3) is 0 Å². The summed E-state index contributed by atoms with van der Waals surface area (Å²) in [6.07, 6.45) is 2.21. The zero-order chi connectivity index (χ0) is 16.2. The van der Waals surface area contributed by atoms with E-state index in [1.54, 1.807) is 0 Å². The van der Waals surface area contributed by atoms with E-state index in [-0.39, 0.29) is 0 Å². The fourth-order valence-corrected chi connectivity index (χ4v) is 3.03. The standard InChI is InChI=1S/C19H21N3O/c1-14-11-18(22-9-10-23-13-15(22)2)5-6-19(14)16-3-4-17(7-8-20)21-12-16/h3-6,11-12,15H,7,9-10,13H2,1-2H3/t15-/m0/s1. The number of rotatable bonds is 3. The fraction of sp³-hybridized carbons (Fsp3) is 0.368. The summed E-state index contributed by atoms with van der Waals surface area (Å²) >= 11 is 0. The Bertz CT molecular complexity index is 718. The summed E-state index contributed by atoms with van der Waals surface area (Å²) in [5.41, 5.74) is 5.57. The lowest BCUT2D eigenvalue weighted by molar-refractivity contribution is 0.0989. The lowest BCUT2D eigenvalue weighted by Gasteiger charge is -2.35. The SMILES string of the molecule is Cc1cc(N2CCOC[C@@H]2C)ccc1-c1ccc(CC#N)nc1. The Hall–Kier alpha value is -2.38. The second kappa shape index (κ2) is 6.80. The van der Waals surface area contributed by atoms with Crippen molar-refractivity contribution >= 4 is 5.69 Å². The average molecular weight is 307 g/mol. The van der Waals surface area contributed by atoms with Crippen molar-refractivity contribution in [1.82, 2.24) is 4.98 Å². The molecule has 0 spiro atoms. The van der Waals surface area contributed by atoms with Crippen LogP contribution in [0.5, 0.6) is 0 Å². The van der Waals surface area contributed by atoms with Gasteiger partial charge in [-0.05, 0) is 43.2 Å². The number of pyridine rings is 1. The third-order valence-corrected chi connectivity index (χ3v) is 4.31. The van der Waals surface area contributed by atoms with Crippen LogP contribution in [0.3, 0.4) is 0 Å². The maximum Gasteiger partial charge on any atom is 0.0774 e. The Labute approximate surface area is 137 Å². The molecule has 1 fully saturated rings. The Balaban J connectivity index is 1.85. The van der Waals surface area contributed by atoms with Gasteiger partial charge in [0.15, 0.2) is 0 Å². The van der Waals surface area contributed by atoms with Gasteiger partial charge in [0.1, 0.15) is 0 Å². The molecule has 118 valence electrons. The van der Waals surface area contributed by atoms with Crippen molar-refractivity contribution in [2.45, 2.75) is 26.3 Å². The summed E-state index contributed by atoms with van der Waals surface area (Å²) in [7, 11) is 0. The van der Waals surface area contributed by atoms with E-state index in [0.29, 0.717) is 12.5 Å².